The van der Waals surface area contributed by atoms with Crippen molar-refractivity contribution in [2.75, 3.05) is 0 Å². The molecular formula is C9H17NOS. The van der Waals surface area contributed by atoms with Crippen molar-refractivity contribution in [1.29, 1.82) is 0 Å². The predicted octanol–water partition coefficient (Wildman–Crippen LogP) is 1.75. The number of rotatable bonds is 3. The zero-order chi connectivity index (χ0) is 9.19. The minimum Gasteiger partial charge on any atom is -0.353 e. The summed E-state index contributed by atoms with van der Waals surface area (Å²) >= 11 is 4.30. The first-order chi connectivity index (χ1) is 5.47. The summed E-state index contributed by atoms with van der Waals surface area (Å²) in [4.78, 5) is 11.3. The molecule has 0 atom stereocenters. The summed E-state index contributed by atoms with van der Waals surface area (Å²) in [6, 6.07) is 0.452. The zero-order valence-corrected chi connectivity index (χ0v) is 8.66. The Morgan fingerprint density at radius 1 is 1.58 bits per heavy atom. The van der Waals surface area contributed by atoms with E-state index in [-0.39, 0.29) is 10.7 Å². The third-order valence-corrected chi connectivity index (χ3v) is 2.22. The zero-order valence-electron chi connectivity index (χ0n) is 7.76. The summed E-state index contributed by atoms with van der Waals surface area (Å²) < 4.78 is -0.187. The van der Waals surface area contributed by atoms with Crippen molar-refractivity contribution < 1.29 is 4.79 Å². The molecule has 2 nitrogen and oxygen atoms in total. The molecule has 0 aromatic rings. The lowest BCUT2D eigenvalue weighted by Crippen LogP contribution is -2.41. The number of thiol groups is 1. The normalized spacial score (nSPS) is 18.6. The van der Waals surface area contributed by atoms with Gasteiger partial charge in [0.15, 0.2) is 0 Å². The highest BCUT2D eigenvalue weighted by Crippen LogP contribution is 2.20. The average Bonchev–Trinajstić information content (AvgIpc) is 1.74. The van der Waals surface area contributed by atoms with Crippen LogP contribution in [0.2, 0.25) is 0 Å². The molecule has 0 radical (unpaired) electrons. The lowest BCUT2D eigenvalue weighted by molar-refractivity contribution is -0.122. The summed E-state index contributed by atoms with van der Waals surface area (Å²) in [5, 5.41) is 2.99. The standard InChI is InChI=1S/C9H17NOS/c1-9(2,12)6-8(11)10-7-4-3-5-7/h7,12H,3-6H2,1-2H3,(H,10,11). The van der Waals surface area contributed by atoms with E-state index in [1.54, 1.807) is 0 Å². The van der Waals surface area contributed by atoms with E-state index < -0.39 is 0 Å². The topological polar surface area (TPSA) is 29.1 Å². The summed E-state index contributed by atoms with van der Waals surface area (Å²) in [6.45, 7) is 3.91. The van der Waals surface area contributed by atoms with Gasteiger partial charge in [0.25, 0.3) is 0 Å². The quantitative estimate of drug-likeness (QED) is 0.648. The van der Waals surface area contributed by atoms with E-state index in [2.05, 4.69) is 17.9 Å². The molecule has 70 valence electrons. The Morgan fingerprint density at radius 3 is 2.50 bits per heavy atom. The van der Waals surface area contributed by atoms with Crippen LogP contribution in [0.15, 0.2) is 0 Å². The summed E-state index contributed by atoms with van der Waals surface area (Å²) in [6.07, 6.45) is 4.07. The summed E-state index contributed by atoms with van der Waals surface area (Å²) in [7, 11) is 0. The van der Waals surface area contributed by atoms with E-state index in [0.717, 1.165) is 12.8 Å². The first-order valence-electron chi connectivity index (χ1n) is 4.49. The van der Waals surface area contributed by atoms with Crippen LogP contribution < -0.4 is 5.32 Å². The van der Waals surface area contributed by atoms with Gasteiger partial charge in [-0.3, -0.25) is 4.79 Å². The molecule has 0 unspecified atom stereocenters. The van der Waals surface area contributed by atoms with Gasteiger partial charge in [0, 0.05) is 17.2 Å². The van der Waals surface area contributed by atoms with Crippen molar-refractivity contribution in [2.45, 2.75) is 50.3 Å². The molecule has 1 aliphatic carbocycles. The van der Waals surface area contributed by atoms with Crippen LogP contribution in [-0.2, 0) is 4.79 Å². The lowest BCUT2D eigenvalue weighted by atomic mass is 9.93. The molecular weight excluding hydrogens is 170 g/mol. The van der Waals surface area contributed by atoms with Crippen molar-refractivity contribution in [3.8, 4) is 0 Å². The van der Waals surface area contributed by atoms with Crippen LogP contribution in [0.25, 0.3) is 0 Å². The summed E-state index contributed by atoms with van der Waals surface area (Å²) in [5.74, 6) is 0.139. The molecule has 1 saturated carbocycles. The van der Waals surface area contributed by atoms with Gasteiger partial charge in [0.05, 0.1) is 0 Å². The Morgan fingerprint density at radius 2 is 2.17 bits per heavy atom. The number of amides is 1. The minimum absolute atomic E-state index is 0.139. The van der Waals surface area contributed by atoms with Crippen LogP contribution >= 0.6 is 12.6 Å². The van der Waals surface area contributed by atoms with Crippen LogP contribution in [0.1, 0.15) is 39.5 Å². The molecule has 1 amide bonds. The number of hydrogen-bond donors (Lipinski definition) is 2. The molecule has 12 heavy (non-hydrogen) atoms. The predicted molar refractivity (Wildman–Crippen MR) is 53.5 cm³/mol. The summed E-state index contributed by atoms with van der Waals surface area (Å²) in [5.41, 5.74) is 0. The van der Waals surface area contributed by atoms with Crippen molar-refractivity contribution in [1.82, 2.24) is 5.32 Å². The molecule has 0 saturated heterocycles. The van der Waals surface area contributed by atoms with Crippen molar-refractivity contribution in [3.05, 3.63) is 0 Å². The van der Waals surface area contributed by atoms with Gasteiger partial charge in [-0.2, -0.15) is 12.6 Å². The molecule has 1 rings (SSSR count). The van der Waals surface area contributed by atoms with Gasteiger partial charge in [0.1, 0.15) is 0 Å². The minimum atomic E-state index is -0.187. The van der Waals surface area contributed by atoms with Crippen molar-refractivity contribution >= 4 is 18.5 Å². The Balaban J connectivity index is 2.19. The molecule has 1 fully saturated rings. The fourth-order valence-electron chi connectivity index (χ4n) is 1.22. The molecule has 0 bridgehead atoms. The van der Waals surface area contributed by atoms with Gasteiger partial charge in [0.2, 0.25) is 5.91 Å². The first-order valence-corrected chi connectivity index (χ1v) is 4.94. The maximum absolute atomic E-state index is 11.3. The molecule has 3 heteroatoms. The van der Waals surface area contributed by atoms with Crippen LogP contribution in [0.3, 0.4) is 0 Å². The lowest BCUT2D eigenvalue weighted by Gasteiger charge is -2.27. The second-order valence-corrected chi connectivity index (χ2v) is 5.40. The van der Waals surface area contributed by atoms with E-state index in [9.17, 15) is 4.79 Å². The third kappa shape index (κ3) is 3.48. The third-order valence-electron chi connectivity index (χ3n) is 2.06. The van der Waals surface area contributed by atoms with Gasteiger partial charge >= 0.3 is 0 Å². The van der Waals surface area contributed by atoms with E-state index in [1.807, 2.05) is 13.8 Å². The van der Waals surface area contributed by atoms with E-state index >= 15 is 0 Å². The van der Waals surface area contributed by atoms with Crippen LogP contribution in [0.4, 0.5) is 0 Å². The maximum atomic E-state index is 11.3. The van der Waals surface area contributed by atoms with Gasteiger partial charge in [-0.15, -0.1) is 0 Å². The monoisotopic (exact) mass is 187 g/mol. The van der Waals surface area contributed by atoms with E-state index in [1.165, 1.54) is 6.42 Å². The van der Waals surface area contributed by atoms with Gasteiger partial charge in [-0.1, -0.05) is 13.8 Å². The average molecular weight is 187 g/mol. The molecule has 0 heterocycles. The highest BCUT2D eigenvalue weighted by Gasteiger charge is 2.22. The Bertz CT molecular complexity index is 170. The molecule has 1 aliphatic rings. The molecule has 1 N–H and O–H groups in total. The second kappa shape index (κ2) is 3.69. The Labute approximate surface area is 79.5 Å². The fraction of sp³-hybridized carbons (Fsp3) is 0.889. The number of hydrogen-bond acceptors (Lipinski definition) is 2. The van der Waals surface area contributed by atoms with E-state index in [4.69, 9.17) is 0 Å². The Hall–Kier alpha value is -0.180. The highest BCUT2D eigenvalue weighted by atomic mass is 32.1. The SMILES string of the molecule is CC(C)(S)CC(=O)NC1CCC1. The van der Waals surface area contributed by atoms with Crippen LogP contribution in [0.5, 0.6) is 0 Å². The number of carbonyl (C=O) groups excluding carboxylic acids is 1. The van der Waals surface area contributed by atoms with Crippen LogP contribution in [-0.4, -0.2) is 16.7 Å². The van der Waals surface area contributed by atoms with Crippen molar-refractivity contribution in [3.63, 3.8) is 0 Å². The highest BCUT2D eigenvalue weighted by molar-refractivity contribution is 7.81. The molecule has 0 aromatic heterocycles. The van der Waals surface area contributed by atoms with Gasteiger partial charge in [-0.05, 0) is 19.3 Å². The van der Waals surface area contributed by atoms with Crippen LogP contribution in [0, 0.1) is 0 Å². The fourth-order valence-corrected chi connectivity index (χ4v) is 1.37. The smallest absolute Gasteiger partial charge is 0.221 e. The van der Waals surface area contributed by atoms with Crippen molar-refractivity contribution in [2.24, 2.45) is 0 Å². The number of nitrogens with one attached hydrogen (secondary N) is 1. The second-order valence-electron chi connectivity index (χ2n) is 4.18. The maximum Gasteiger partial charge on any atom is 0.221 e. The molecule has 0 aromatic carbocycles. The van der Waals surface area contributed by atoms with Gasteiger partial charge in [-0.25, -0.2) is 0 Å². The first kappa shape index (κ1) is 9.90. The van der Waals surface area contributed by atoms with Gasteiger partial charge < -0.3 is 5.32 Å². The molecule has 0 aliphatic heterocycles. The Kier molecular flexibility index (Phi) is 3.04. The van der Waals surface area contributed by atoms with E-state index in [0.29, 0.717) is 12.5 Å². The number of carbonyl (C=O) groups is 1. The molecule has 0 spiro atoms. The largest absolute Gasteiger partial charge is 0.353 e.